The first-order valence-electron chi connectivity index (χ1n) is 22.5. The van der Waals surface area contributed by atoms with Crippen LogP contribution in [0.25, 0.3) is 0 Å². The van der Waals surface area contributed by atoms with Crippen LogP contribution in [0.1, 0.15) is 78.4 Å². The van der Waals surface area contributed by atoms with Crippen LogP contribution < -0.4 is 15.4 Å². The van der Waals surface area contributed by atoms with Crippen molar-refractivity contribution in [3.05, 3.63) is 88.5 Å². The fourth-order valence-corrected chi connectivity index (χ4v) is 8.88. The lowest BCUT2D eigenvalue weighted by Crippen LogP contribution is -2.58. The van der Waals surface area contributed by atoms with Crippen LogP contribution in [0.4, 0.5) is 27.6 Å². The average molecular weight is 932 g/mol. The van der Waals surface area contributed by atoms with Crippen molar-refractivity contribution in [2.45, 2.75) is 88.6 Å². The molecule has 3 heterocycles. The highest BCUT2D eigenvalue weighted by atomic mass is 19.4. The van der Waals surface area contributed by atoms with Gasteiger partial charge in [-0.15, -0.1) is 0 Å². The molecule has 0 aromatic heterocycles. The molecule has 14 nitrogen and oxygen atoms in total. The Bertz CT molecular complexity index is 2150. The minimum Gasteiger partial charge on any atom is -0.506 e. The maximum Gasteiger partial charge on any atom is 0.490 e. The van der Waals surface area contributed by atoms with Crippen molar-refractivity contribution in [2.24, 2.45) is 0 Å². The summed E-state index contributed by atoms with van der Waals surface area (Å²) < 4.78 is 77.8. The molecule has 66 heavy (non-hydrogen) atoms. The van der Waals surface area contributed by atoms with Crippen molar-refractivity contribution >= 4 is 29.4 Å². The Morgan fingerprint density at radius 3 is 2.41 bits per heavy atom. The predicted molar refractivity (Wildman–Crippen MR) is 232 cm³/mol. The first-order valence-corrected chi connectivity index (χ1v) is 22.5. The number of carboxylic acids is 1. The molecule has 4 N–H and O–H groups in total. The Balaban J connectivity index is 0.000000952. The number of phenols is 1. The number of hydrogen-bond acceptors (Lipinski definition) is 10. The van der Waals surface area contributed by atoms with Gasteiger partial charge in [0.2, 0.25) is 5.91 Å². The maximum absolute atomic E-state index is 14.4. The molecule has 7 rings (SSSR count). The molecule has 3 amide bonds. The molecule has 0 radical (unpaired) electrons. The van der Waals surface area contributed by atoms with Gasteiger partial charge in [0.25, 0.3) is 11.8 Å². The van der Waals surface area contributed by atoms with Crippen molar-refractivity contribution in [2.75, 3.05) is 77.6 Å². The van der Waals surface area contributed by atoms with Crippen LogP contribution in [0.3, 0.4) is 0 Å². The van der Waals surface area contributed by atoms with Crippen molar-refractivity contribution in [1.29, 1.82) is 0 Å². The number of likely N-dealkylation sites (tertiary alicyclic amines) is 1. The molecule has 3 fully saturated rings. The fourth-order valence-electron chi connectivity index (χ4n) is 8.88. The number of alkyl halides is 3. The standard InChI is InChI=1S/C45H57F2N5O7.C2HF3O2/c46-37-11-5-10-36(41(37)47)44(56)51-24-27-59-45(31-51)17-21-50(22-18-45)29-33-7-4-6-32(28-33)15-25-57-26-16-40(55)52(35-8-2-1-3-9-35)23-20-48-19-14-34-12-13-38(53)42-43(34)58-30-39(54)49-42;3-2(4,5)1(6)7/h4-7,10-13,28,35,48,53H,1-3,8-9,14-27,29-31H2,(H,49,54);(H,6,7). The topological polar surface area (TPSA) is 170 Å². The summed E-state index contributed by atoms with van der Waals surface area (Å²) in [6.45, 7) is 6.20. The zero-order valence-electron chi connectivity index (χ0n) is 36.8. The van der Waals surface area contributed by atoms with Crippen molar-refractivity contribution < 1.29 is 65.6 Å². The number of carbonyl (C=O) groups excluding carboxylic acids is 3. The number of rotatable bonds is 16. The third kappa shape index (κ3) is 13.8. The predicted octanol–water partition coefficient (Wildman–Crippen LogP) is 6.08. The summed E-state index contributed by atoms with van der Waals surface area (Å²) in [7, 11) is 0. The molecule has 2 saturated heterocycles. The van der Waals surface area contributed by atoms with Crippen molar-refractivity contribution in [1.82, 2.24) is 20.0 Å². The van der Waals surface area contributed by atoms with E-state index < -0.39 is 35.3 Å². The summed E-state index contributed by atoms with van der Waals surface area (Å²) in [6.07, 6.45) is 3.66. The molecule has 0 atom stereocenters. The first-order chi connectivity index (χ1) is 31.6. The quantitative estimate of drug-likeness (QED) is 0.0746. The summed E-state index contributed by atoms with van der Waals surface area (Å²) in [4.78, 5) is 53.3. The number of nitrogens with zero attached hydrogens (tertiary/aromatic N) is 3. The molecule has 19 heteroatoms. The second kappa shape index (κ2) is 23.4. The number of piperidine rings is 1. The van der Waals surface area contributed by atoms with E-state index in [0.29, 0.717) is 76.8 Å². The Morgan fingerprint density at radius 2 is 1.67 bits per heavy atom. The largest absolute Gasteiger partial charge is 0.506 e. The number of aliphatic carboxylic acids is 1. The second-order valence-corrected chi connectivity index (χ2v) is 17.0. The summed E-state index contributed by atoms with van der Waals surface area (Å²) in [5.74, 6) is -5.06. The van der Waals surface area contributed by atoms with Crippen LogP contribution in [0.5, 0.6) is 11.5 Å². The number of phenolic OH excluding ortho intramolecular Hbond substituents is 1. The molecule has 360 valence electrons. The summed E-state index contributed by atoms with van der Waals surface area (Å²) >= 11 is 0. The number of aromatic hydroxyl groups is 1. The Labute approximate surface area is 380 Å². The van der Waals surface area contributed by atoms with E-state index in [2.05, 4.69) is 39.8 Å². The molecule has 1 saturated carbocycles. The van der Waals surface area contributed by atoms with Crippen molar-refractivity contribution in [3.63, 3.8) is 0 Å². The van der Waals surface area contributed by atoms with Gasteiger partial charge in [0.15, 0.2) is 24.0 Å². The number of nitrogens with one attached hydrogen (secondary N) is 2. The van der Waals surface area contributed by atoms with E-state index >= 15 is 0 Å². The minimum atomic E-state index is -5.08. The van der Waals surface area contributed by atoms with Gasteiger partial charge in [0, 0.05) is 45.3 Å². The summed E-state index contributed by atoms with van der Waals surface area (Å²) in [5.41, 5.74) is 2.87. The molecule has 0 unspecified atom stereocenters. The molecule has 1 spiro atoms. The lowest BCUT2D eigenvalue weighted by Gasteiger charge is -2.47. The average Bonchev–Trinajstić information content (AvgIpc) is 3.30. The van der Waals surface area contributed by atoms with Gasteiger partial charge < -0.3 is 44.9 Å². The van der Waals surface area contributed by atoms with Crippen LogP contribution in [0.15, 0.2) is 54.6 Å². The Hall–Kier alpha value is -5.37. The van der Waals surface area contributed by atoms with Crippen LogP contribution in [-0.4, -0.2) is 139 Å². The highest BCUT2D eigenvalue weighted by Gasteiger charge is 2.42. The third-order valence-electron chi connectivity index (χ3n) is 12.4. The molecular formula is C47H58F5N5O9. The van der Waals surface area contributed by atoms with E-state index in [1.54, 1.807) is 11.0 Å². The van der Waals surface area contributed by atoms with Gasteiger partial charge in [-0.05, 0) is 80.0 Å². The van der Waals surface area contributed by atoms with Crippen LogP contribution in [0, 0.1) is 11.6 Å². The van der Waals surface area contributed by atoms with E-state index in [9.17, 15) is 41.4 Å². The third-order valence-corrected chi connectivity index (χ3v) is 12.4. The first kappa shape index (κ1) is 50.1. The number of morpholine rings is 1. The number of anilines is 1. The van der Waals surface area contributed by atoms with Gasteiger partial charge in [-0.2, -0.15) is 13.2 Å². The molecule has 3 aliphatic heterocycles. The van der Waals surface area contributed by atoms with Gasteiger partial charge in [-0.1, -0.05) is 55.7 Å². The van der Waals surface area contributed by atoms with E-state index in [4.69, 9.17) is 24.1 Å². The molecular weight excluding hydrogens is 874 g/mol. The van der Waals surface area contributed by atoms with Crippen LogP contribution >= 0.6 is 0 Å². The number of amides is 3. The fraction of sp³-hybridized carbons (Fsp3) is 0.532. The number of fused-ring (bicyclic) bond motifs is 1. The molecule has 3 aromatic rings. The van der Waals surface area contributed by atoms with Gasteiger partial charge in [0.05, 0.1) is 44.0 Å². The smallest absolute Gasteiger partial charge is 0.490 e. The Morgan fingerprint density at radius 1 is 0.939 bits per heavy atom. The monoisotopic (exact) mass is 931 g/mol. The van der Waals surface area contributed by atoms with Gasteiger partial charge in [-0.3, -0.25) is 19.3 Å². The van der Waals surface area contributed by atoms with Gasteiger partial charge >= 0.3 is 12.1 Å². The van der Waals surface area contributed by atoms with Crippen molar-refractivity contribution in [3.8, 4) is 11.5 Å². The number of halogens is 5. The van der Waals surface area contributed by atoms with Crippen LogP contribution in [-0.2, 0) is 43.2 Å². The van der Waals surface area contributed by atoms with Gasteiger partial charge in [-0.25, -0.2) is 13.6 Å². The Kier molecular flexibility index (Phi) is 17.7. The maximum atomic E-state index is 14.4. The number of carbonyl (C=O) groups is 4. The van der Waals surface area contributed by atoms with E-state index in [-0.39, 0.29) is 35.8 Å². The van der Waals surface area contributed by atoms with E-state index in [1.165, 1.54) is 29.7 Å². The van der Waals surface area contributed by atoms with Crippen LogP contribution in [0.2, 0.25) is 0 Å². The van der Waals surface area contributed by atoms with E-state index in [0.717, 1.165) is 76.2 Å². The molecule has 4 aliphatic rings. The number of hydrogen-bond donors (Lipinski definition) is 4. The zero-order valence-corrected chi connectivity index (χ0v) is 36.8. The lowest BCUT2D eigenvalue weighted by atomic mass is 9.88. The summed E-state index contributed by atoms with van der Waals surface area (Å²) in [6, 6.07) is 15.8. The van der Waals surface area contributed by atoms with Gasteiger partial charge in [0.1, 0.15) is 11.4 Å². The van der Waals surface area contributed by atoms with E-state index in [1.807, 2.05) is 11.0 Å². The highest BCUT2D eigenvalue weighted by molar-refractivity contribution is 5.97. The number of ether oxygens (including phenoxy) is 3. The SMILES string of the molecule is O=C(O)C(F)(F)F.O=C1COc2c(CCNCCN(C(=O)CCOCCc3cccc(CN4CCC5(CC4)CN(C(=O)c4cccc(F)c4F)CCO5)c3)C3CCCCC3)ccc(O)c2N1. The number of benzene rings is 3. The molecule has 1 aliphatic carbocycles. The normalized spacial score (nSPS) is 17.5. The zero-order chi connectivity index (χ0) is 47.3. The number of carboxylic acid groups (broad SMARTS) is 1. The highest BCUT2D eigenvalue weighted by Crippen LogP contribution is 2.39. The lowest BCUT2D eigenvalue weighted by molar-refractivity contribution is -0.192. The summed E-state index contributed by atoms with van der Waals surface area (Å²) in [5, 5.41) is 23.4. The second-order valence-electron chi connectivity index (χ2n) is 17.0. The molecule has 3 aromatic carbocycles. The minimum absolute atomic E-state index is 0.0166. The molecule has 0 bridgehead atoms.